The number of quaternary nitrogens is 1. The fourth-order valence-corrected chi connectivity index (χ4v) is 7.01. The normalized spacial score (nSPS) is 13.5. The number of nitrogens with zero attached hydrogens (tertiary/aromatic N) is 1. The van der Waals surface area contributed by atoms with Gasteiger partial charge in [-0.05, 0) is 77.0 Å². The summed E-state index contributed by atoms with van der Waals surface area (Å²) in [5.41, 5.74) is 0. The lowest BCUT2D eigenvalue weighted by Gasteiger charge is -2.31. The molecular formula is C54H94NO7+. The van der Waals surface area contributed by atoms with Gasteiger partial charge in [0.2, 0.25) is 0 Å². The topological polar surface area (TPSA) is 99.1 Å². The second-order valence-corrected chi connectivity index (χ2v) is 17.7. The highest BCUT2D eigenvalue weighted by atomic mass is 16.6. The van der Waals surface area contributed by atoms with E-state index in [0.29, 0.717) is 19.3 Å². The summed E-state index contributed by atoms with van der Waals surface area (Å²) >= 11 is 0. The Kier molecular flexibility index (Phi) is 42.1. The van der Waals surface area contributed by atoms with Crippen molar-refractivity contribution in [2.45, 2.75) is 212 Å². The summed E-state index contributed by atoms with van der Waals surface area (Å²) in [5.74, 6) is -1.49. The quantitative estimate of drug-likeness (QED) is 0.0214. The molecule has 0 aliphatic heterocycles. The van der Waals surface area contributed by atoms with E-state index < -0.39 is 18.1 Å². The Balaban J connectivity index is 4.27. The number of carbonyl (C=O) groups is 3. The Hall–Kier alpha value is -3.23. The number of aliphatic carboxylic acids is 1. The number of rotatable bonds is 44. The predicted octanol–water partition coefficient (Wildman–Crippen LogP) is 14.3. The van der Waals surface area contributed by atoms with Gasteiger partial charge in [0.1, 0.15) is 6.61 Å². The number of carboxylic acids is 1. The van der Waals surface area contributed by atoms with Crippen molar-refractivity contribution in [3.63, 3.8) is 0 Å². The molecule has 2 unspecified atom stereocenters. The molecule has 0 aliphatic rings. The van der Waals surface area contributed by atoms with E-state index in [1.54, 1.807) is 0 Å². The molecule has 62 heavy (non-hydrogen) atoms. The van der Waals surface area contributed by atoms with Crippen molar-refractivity contribution < 1.29 is 38.2 Å². The summed E-state index contributed by atoms with van der Waals surface area (Å²) in [6, 6.07) is -0.620. The van der Waals surface area contributed by atoms with E-state index in [2.05, 4.69) is 86.8 Å². The molecule has 1 N–H and O–H groups in total. The molecule has 0 aliphatic carbocycles. The minimum Gasteiger partial charge on any atom is -0.477 e. The fourth-order valence-electron chi connectivity index (χ4n) is 7.01. The van der Waals surface area contributed by atoms with Crippen LogP contribution in [0, 0.1) is 0 Å². The molecule has 0 radical (unpaired) electrons. The van der Waals surface area contributed by atoms with E-state index in [1.165, 1.54) is 89.9 Å². The zero-order chi connectivity index (χ0) is 45.6. The first kappa shape index (κ1) is 58.8. The number of esters is 2. The Morgan fingerprint density at radius 3 is 1.44 bits per heavy atom. The maximum absolute atomic E-state index is 12.8. The molecule has 0 bridgehead atoms. The zero-order valence-electron chi connectivity index (χ0n) is 40.6. The molecule has 0 aromatic rings. The smallest absolute Gasteiger partial charge is 0.362 e. The zero-order valence-corrected chi connectivity index (χ0v) is 40.6. The lowest BCUT2D eigenvalue weighted by molar-refractivity contribution is -0.887. The van der Waals surface area contributed by atoms with Crippen LogP contribution >= 0.6 is 0 Å². The highest BCUT2D eigenvalue weighted by Gasteiger charge is 2.31. The van der Waals surface area contributed by atoms with Gasteiger partial charge in [0, 0.05) is 19.3 Å². The summed E-state index contributed by atoms with van der Waals surface area (Å²) in [5, 5.41) is 9.65. The molecule has 356 valence electrons. The molecule has 0 fully saturated rings. The van der Waals surface area contributed by atoms with Crippen molar-refractivity contribution in [1.82, 2.24) is 0 Å². The van der Waals surface area contributed by atoms with E-state index >= 15 is 0 Å². The van der Waals surface area contributed by atoms with Gasteiger partial charge in [-0.25, -0.2) is 4.79 Å². The number of carboxylic acid groups (broad SMARTS) is 1. The van der Waals surface area contributed by atoms with Crippen LogP contribution in [0.3, 0.4) is 0 Å². The van der Waals surface area contributed by atoms with Crippen LogP contribution in [0.25, 0.3) is 0 Å². The third-order valence-electron chi connectivity index (χ3n) is 10.9. The Labute approximate surface area is 381 Å². The second kappa shape index (κ2) is 44.4. The molecule has 0 aromatic heterocycles. The molecule has 8 heteroatoms. The van der Waals surface area contributed by atoms with Crippen LogP contribution in [0.5, 0.6) is 0 Å². The first-order valence-corrected chi connectivity index (χ1v) is 25.0. The van der Waals surface area contributed by atoms with Crippen molar-refractivity contribution in [3.8, 4) is 0 Å². The molecule has 0 amide bonds. The molecule has 0 saturated heterocycles. The summed E-state index contributed by atoms with van der Waals surface area (Å²) in [6.07, 6.45) is 56.6. The van der Waals surface area contributed by atoms with Gasteiger partial charge in [0.25, 0.3) is 0 Å². The largest absolute Gasteiger partial charge is 0.477 e. The first-order valence-electron chi connectivity index (χ1n) is 25.0. The lowest BCUT2D eigenvalue weighted by Crippen LogP contribution is -2.50. The number of hydrogen-bond acceptors (Lipinski definition) is 6. The minimum atomic E-state index is -0.879. The molecule has 0 saturated carbocycles. The van der Waals surface area contributed by atoms with Gasteiger partial charge < -0.3 is 23.8 Å². The van der Waals surface area contributed by atoms with Gasteiger partial charge in [0.05, 0.1) is 34.4 Å². The predicted molar refractivity (Wildman–Crippen MR) is 261 cm³/mol. The van der Waals surface area contributed by atoms with Gasteiger partial charge in [-0.3, -0.25) is 9.59 Å². The van der Waals surface area contributed by atoms with Crippen molar-refractivity contribution in [1.29, 1.82) is 0 Å². The third-order valence-corrected chi connectivity index (χ3v) is 10.9. The standard InChI is InChI=1S/C54H93NO7/c1-6-8-10-12-14-16-18-20-22-23-24-25-26-27-28-29-31-33-35-37-39-41-43-45-53(57)62-50(48-60-47-46-51(54(58)59)55(3,4)5)49-61-52(56)44-42-40-38-36-34-32-30-21-19-17-15-13-11-9-7-2/h8,10,14-17,19-22,24-25,50-51H,6-7,9,11-13,18,23,26-49H2,1-5H3/p+1/b10-8+,16-14+,17-15+,21-19+,22-20+,25-24+. The molecular weight excluding hydrogens is 775 g/mol. The van der Waals surface area contributed by atoms with Crippen molar-refractivity contribution in [3.05, 3.63) is 72.9 Å². The van der Waals surface area contributed by atoms with E-state index in [-0.39, 0.29) is 36.2 Å². The molecule has 8 nitrogen and oxygen atoms in total. The Morgan fingerprint density at radius 2 is 0.952 bits per heavy atom. The van der Waals surface area contributed by atoms with Gasteiger partial charge in [-0.2, -0.15) is 0 Å². The highest BCUT2D eigenvalue weighted by molar-refractivity contribution is 5.72. The molecule has 0 rings (SSSR count). The summed E-state index contributed by atoms with van der Waals surface area (Å²) in [4.78, 5) is 37.1. The second-order valence-electron chi connectivity index (χ2n) is 17.7. The van der Waals surface area contributed by atoms with Crippen LogP contribution in [0.15, 0.2) is 72.9 Å². The minimum absolute atomic E-state index is 0.0529. The van der Waals surface area contributed by atoms with Crippen molar-refractivity contribution in [2.75, 3.05) is 41.0 Å². The molecule has 0 heterocycles. The molecule has 2 atom stereocenters. The number of ether oxygens (including phenoxy) is 3. The average molecular weight is 869 g/mol. The number of carbonyl (C=O) groups excluding carboxylic acids is 2. The fraction of sp³-hybridized carbons (Fsp3) is 0.722. The van der Waals surface area contributed by atoms with E-state index in [4.69, 9.17) is 14.2 Å². The number of allylic oxidation sites excluding steroid dienone is 12. The van der Waals surface area contributed by atoms with E-state index in [9.17, 15) is 19.5 Å². The Morgan fingerprint density at radius 1 is 0.516 bits per heavy atom. The molecule has 0 spiro atoms. The van der Waals surface area contributed by atoms with Gasteiger partial charge in [-0.1, -0.05) is 177 Å². The average Bonchev–Trinajstić information content (AvgIpc) is 3.23. The van der Waals surface area contributed by atoms with Crippen LogP contribution < -0.4 is 0 Å². The summed E-state index contributed by atoms with van der Waals surface area (Å²) in [6.45, 7) is 4.58. The first-order chi connectivity index (χ1) is 30.1. The summed E-state index contributed by atoms with van der Waals surface area (Å²) < 4.78 is 17.3. The maximum Gasteiger partial charge on any atom is 0.362 e. The van der Waals surface area contributed by atoms with Crippen LogP contribution in [-0.2, 0) is 28.6 Å². The number of likely N-dealkylation sites (N-methyl/N-ethyl adjacent to an activating group) is 1. The molecule has 0 aromatic carbocycles. The maximum atomic E-state index is 12.8. The lowest BCUT2D eigenvalue weighted by atomic mass is 10.0. The van der Waals surface area contributed by atoms with Crippen molar-refractivity contribution in [2.24, 2.45) is 0 Å². The summed E-state index contributed by atoms with van der Waals surface area (Å²) in [7, 11) is 5.52. The van der Waals surface area contributed by atoms with E-state index in [1.807, 2.05) is 21.1 Å². The van der Waals surface area contributed by atoms with Crippen LogP contribution in [0.1, 0.15) is 200 Å². The third kappa shape index (κ3) is 42.1. The number of unbranched alkanes of at least 4 members (excludes halogenated alkanes) is 19. The highest BCUT2D eigenvalue weighted by Crippen LogP contribution is 2.15. The van der Waals surface area contributed by atoms with Crippen LogP contribution in [0.2, 0.25) is 0 Å². The van der Waals surface area contributed by atoms with Crippen LogP contribution in [-0.4, -0.2) is 80.6 Å². The number of hydrogen-bond donors (Lipinski definition) is 1. The van der Waals surface area contributed by atoms with E-state index in [0.717, 1.165) is 77.0 Å². The van der Waals surface area contributed by atoms with Crippen molar-refractivity contribution >= 4 is 17.9 Å². The van der Waals surface area contributed by atoms with Gasteiger partial charge in [0.15, 0.2) is 12.1 Å². The SMILES string of the molecule is CC/C=C/C/C=C/C/C=C/C/C=C/CCCCCCCCCCCCC(=O)OC(COCCC(C(=O)O)[N+](C)(C)C)COC(=O)CCCCCCCC/C=C/C=C/CCCCC. The van der Waals surface area contributed by atoms with Crippen LogP contribution in [0.4, 0.5) is 0 Å². The monoisotopic (exact) mass is 869 g/mol. The van der Waals surface area contributed by atoms with Gasteiger partial charge in [-0.15, -0.1) is 0 Å². The Bertz CT molecular complexity index is 1240. The van der Waals surface area contributed by atoms with Gasteiger partial charge >= 0.3 is 17.9 Å².